The Hall–Kier alpha value is -2.54. The summed E-state index contributed by atoms with van der Waals surface area (Å²) in [6, 6.07) is 5.41. The SMILES string of the molecule is COc1ccnc(-c2csc(Nc3ncccn3)n2)c1. The molecule has 0 radical (unpaired) electrons. The van der Waals surface area contributed by atoms with Crippen molar-refractivity contribution in [3.05, 3.63) is 42.2 Å². The summed E-state index contributed by atoms with van der Waals surface area (Å²) in [5.41, 5.74) is 1.55. The number of anilines is 2. The quantitative estimate of drug-likeness (QED) is 0.794. The molecule has 0 aliphatic carbocycles. The molecule has 20 heavy (non-hydrogen) atoms. The zero-order chi connectivity index (χ0) is 13.8. The van der Waals surface area contributed by atoms with Crippen LogP contribution in [-0.2, 0) is 0 Å². The molecule has 0 fully saturated rings. The lowest BCUT2D eigenvalue weighted by Gasteiger charge is -2.01. The fourth-order valence-electron chi connectivity index (χ4n) is 1.59. The van der Waals surface area contributed by atoms with Crippen molar-refractivity contribution in [2.75, 3.05) is 12.4 Å². The van der Waals surface area contributed by atoms with E-state index in [1.54, 1.807) is 37.8 Å². The highest BCUT2D eigenvalue weighted by Gasteiger charge is 2.07. The predicted octanol–water partition coefficient (Wildman–Crippen LogP) is 2.75. The second-order valence-corrected chi connectivity index (χ2v) is 4.67. The first-order valence-electron chi connectivity index (χ1n) is 5.85. The van der Waals surface area contributed by atoms with Crippen molar-refractivity contribution in [1.82, 2.24) is 19.9 Å². The molecule has 0 unspecified atom stereocenters. The molecule has 0 aliphatic rings. The minimum Gasteiger partial charge on any atom is -0.497 e. The molecule has 100 valence electrons. The van der Waals surface area contributed by atoms with Crippen LogP contribution in [0.2, 0.25) is 0 Å². The monoisotopic (exact) mass is 285 g/mol. The van der Waals surface area contributed by atoms with E-state index in [9.17, 15) is 0 Å². The maximum atomic E-state index is 5.18. The molecular formula is C13H11N5OS. The molecular weight excluding hydrogens is 274 g/mol. The second kappa shape index (κ2) is 5.62. The van der Waals surface area contributed by atoms with Gasteiger partial charge < -0.3 is 10.1 Å². The number of hydrogen-bond donors (Lipinski definition) is 1. The Morgan fingerprint density at radius 3 is 2.75 bits per heavy atom. The zero-order valence-corrected chi connectivity index (χ0v) is 11.5. The molecule has 3 heterocycles. The average molecular weight is 285 g/mol. The largest absolute Gasteiger partial charge is 0.497 e. The summed E-state index contributed by atoms with van der Waals surface area (Å²) in [7, 11) is 1.62. The molecule has 3 aromatic rings. The smallest absolute Gasteiger partial charge is 0.228 e. The summed E-state index contributed by atoms with van der Waals surface area (Å²) in [5.74, 6) is 1.27. The molecule has 0 aromatic carbocycles. The van der Waals surface area contributed by atoms with Crippen molar-refractivity contribution in [2.45, 2.75) is 0 Å². The van der Waals surface area contributed by atoms with Crippen LogP contribution in [-0.4, -0.2) is 27.0 Å². The molecule has 6 nitrogen and oxygen atoms in total. The van der Waals surface area contributed by atoms with E-state index < -0.39 is 0 Å². The summed E-state index contributed by atoms with van der Waals surface area (Å²) in [6.45, 7) is 0. The lowest BCUT2D eigenvalue weighted by atomic mass is 10.3. The zero-order valence-electron chi connectivity index (χ0n) is 10.6. The van der Waals surface area contributed by atoms with E-state index in [2.05, 4.69) is 25.3 Å². The standard InChI is InChI=1S/C13H11N5OS/c1-19-9-3-6-14-10(7-9)11-8-20-13(17-11)18-12-15-4-2-5-16-12/h2-8H,1H3,(H,15,16,17,18). The highest BCUT2D eigenvalue weighted by molar-refractivity contribution is 7.14. The molecule has 3 rings (SSSR count). The van der Waals surface area contributed by atoms with Gasteiger partial charge in [0.25, 0.3) is 0 Å². The number of nitrogens with zero attached hydrogens (tertiary/aromatic N) is 4. The van der Waals surface area contributed by atoms with E-state index in [1.807, 2.05) is 11.4 Å². The molecule has 0 saturated carbocycles. The average Bonchev–Trinajstić information content (AvgIpc) is 2.97. The van der Waals surface area contributed by atoms with Crippen LogP contribution in [0.5, 0.6) is 5.75 Å². The van der Waals surface area contributed by atoms with Crippen molar-refractivity contribution < 1.29 is 4.74 Å². The van der Waals surface area contributed by atoms with Gasteiger partial charge in [-0.1, -0.05) is 0 Å². The lowest BCUT2D eigenvalue weighted by molar-refractivity contribution is 0.414. The number of ether oxygens (including phenoxy) is 1. The molecule has 0 bridgehead atoms. The van der Waals surface area contributed by atoms with Gasteiger partial charge >= 0.3 is 0 Å². The molecule has 0 spiro atoms. The number of aromatic nitrogens is 4. The molecule has 0 saturated heterocycles. The van der Waals surface area contributed by atoms with E-state index in [4.69, 9.17) is 4.74 Å². The molecule has 0 aliphatic heterocycles. The first-order chi connectivity index (χ1) is 9.85. The van der Waals surface area contributed by atoms with Crippen molar-refractivity contribution in [3.8, 4) is 17.1 Å². The van der Waals surface area contributed by atoms with Gasteiger partial charge in [-0.25, -0.2) is 15.0 Å². The number of nitrogens with one attached hydrogen (secondary N) is 1. The van der Waals surface area contributed by atoms with Gasteiger partial charge in [0.2, 0.25) is 5.95 Å². The highest BCUT2D eigenvalue weighted by Crippen LogP contribution is 2.26. The normalized spacial score (nSPS) is 10.2. The van der Waals surface area contributed by atoms with Gasteiger partial charge in [-0.05, 0) is 12.1 Å². The van der Waals surface area contributed by atoms with Gasteiger partial charge in [-0.2, -0.15) is 0 Å². The Kier molecular flexibility index (Phi) is 3.51. The molecule has 3 aromatic heterocycles. The van der Waals surface area contributed by atoms with Crippen LogP contribution in [0.25, 0.3) is 11.4 Å². The van der Waals surface area contributed by atoms with Gasteiger partial charge in [0.15, 0.2) is 5.13 Å². The van der Waals surface area contributed by atoms with E-state index in [1.165, 1.54) is 11.3 Å². The Balaban J connectivity index is 1.83. The van der Waals surface area contributed by atoms with Crippen molar-refractivity contribution >= 4 is 22.4 Å². The fraction of sp³-hybridized carbons (Fsp3) is 0.0769. The molecule has 7 heteroatoms. The third kappa shape index (κ3) is 2.72. The van der Waals surface area contributed by atoms with Crippen molar-refractivity contribution in [1.29, 1.82) is 0 Å². The highest BCUT2D eigenvalue weighted by atomic mass is 32.1. The van der Waals surface area contributed by atoms with Crippen LogP contribution in [0, 0.1) is 0 Å². The Morgan fingerprint density at radius 2 is 1.95 bits per heavy atom. The first-order valence-corrected chi connectivity index (χ1v) is 6.73. The van der Waals surface area contributed by atoms with E-state index in [-0.39, 0.29) is 0 Å². The number of pyridine rings is 1. The molecule has 1 N–H and O–H groups in total. The van der Waals surface area contributed by atoms with Gasteiger partial charge in [-0.15, -0.1) is 11.3 Å². The van der Waals surface area contributed by atoms with Crippen LogP contribution >= 0.6 is 11.3 Å². The first kappa shape index (κ1) is 12.5. The number of thiazole rings is 1. The summed E-state index contributed by atoms with van der Waals surface area (Å²) < 4.78 is 5.18. The summed E-state index contributed by atoms with van der Waals surface area (Å²) in [4.78, 5) is 16.9. The Bertz CT molecular complexity index is 701. The minimum atomic E-state index is 0.520. The lowest BCUT2D eigenvalue weighted by Crippen LogP contribution is -1.95. The maximum Gasteiger partial charge on any atom is 0.228 e. The van der Waals surface area contributed by atoms with Crippen LogP contribution < -0.4 is 10.1 Å². The van der Waals surface area contributed by atoms with Gasteiger partial charge in [-0.3, -0.25) is 4.98 Å². The van der Waals surface area contributed by atoms with Gasteiger partial charge in [0.05, 0.1) is 12.8 Å². The molecule has 0 amide bonds. The van der Waals surface area contributed by atoms with Gasteiger partial charge in [0, 0.05) is 30.0 Å². The Morgan fingerprint density at radius 1 is 1.10 bits per heavy atom. The van der Waals surface area contributed by atoms with Crippen molar-refractivity contribution in [2.24, 2.45) is 0 Å². The number of rotatable bonds is 4. The second-order valence-electron chi connectivity index (χ2n) is 3.82. The Labute approximate surface area is 119 Å². The van der Waals surface area contributed by atoms with Crippen LogP contribution in [0.4, 0.5) is 11.1 Å². The van der Waals surface area contributed by atoms with Gasteiger partial charge in [0.1, 0.15) is 11.4 Å². The predicted molar refractivity (Wildman–Crippen MR) is 77.2 cm³/mol. The third-order valence-electron chi connectivity index (χ3n) is 2.52. The van der Waals surface area contributed by atoms with E-state index in [0.29, 0.717) is 5.95 Å². The maximum absolute atomic E-state index is 5.18. The molecule has 0 atom stereocenters. The number of methoxy groups -OCH3 is 1. The van der Waals surface area contributed by atoms with Crippen molar-refractivity contribution in [3.63, 3.8) is 0 Å². The summed E-state index contributed by atoms with van der Waals surface area (Å²) in [6.07, 6.45) is 5.04. The summed E-state index contributed by atoms with van der Waals surface area (Å²) >= 11 is 1.47. The fourth-order valence-corrected chi connectivity index (χ4v) is 2.28. The third-order valence-corrected chi connectivity index (χ3v) is 3.28. The van der Waals surface area contributed by atoms with E-state index in [0.717, 1.165) is 22.3 Å². The van der Waals surface area contributed by atoms with Crippen LogP contribution in [0.1, 0.15) is 0 Å². The van der Waals surface area contributed by atoms with Crippen LogP contribution in [0.15, 0.2) is 42.2 Å². The van der Waals surface area contributed by atoms with E-state index >= 15 is 0 Å². The topological polar surface area (TPSA) is 72.8 Å². The van der Waals surface area contributed by atoms with Crippen LogP contribution in [0.3, 0.4) is 0 Å². The number of hydrogen-bond acceptors (Lipinski definition) is 7. The minimum absolute atomic E-state index is 0.520. The summed E-state index contributed by atoms with van der Waals surface area (Å²) in [5, 5.41) is 5.69.